The number of nitrogens with one attached hydrogen (secondary N) is 1. The van der Waals surface area contributed by atoms with Gasteiger partial charge < -0.3 is 15.1 Å². The van der Waals surface area contributed by atoms with Crippen LogP contribution in [0.4, 0.5) is 17.3 Å². The van der Waals surface area contributed by atoms with E-state index >= 15 is 0 Å². The lowest BCUT2D eigenvalue weighted by Crippen LogP contribution is -2.47. The zero-order valence-electron chi connectivity index (χ0n) is 15.3. The van der Waals surface area contributed by atoms with Crippen LogP contribution in [0.15, 0.2) is 67.0 Å². The van der Waals surface area contributed by atoms with E-state index in [2.05, 4.69) is 49.4 Å². The summed E-state index contributed by atoms with van der Waals surface area (Å²) in [5.74, 6) is 0.357. The Morgan fingerprint density at radius 1 is 0.857 bits per heavy atom. The minimum atomic E-state index is -0.284. The van der Waals surface area contributed by atoms with Gasteiger partial charge in [0.2, 0.25) is 5.95 Å². The van der Waals surface area contributed by atoms with Gasteiger partial charge in [-0.25, -0.2) is 9.97 Å². The molecule has 1 saturated heterocycles. The average molecular weight is 394 g/mol. The summed E-state index contributed by atoms with van der Waals surface area (Å²) in [5.41, 5.74) is 2.19. The highest BCUT2D eigenvalue weighted by Crippen LogP contribution is 2.21. The van der Waals surface area contributed by atoms with Crippen LogP contribution in [0.25, 0.3) is 0 Å². The van der Waals surface area contributed by atoms with Crippen molar-refractivity contribution in [2.45, 2.75) is 0 Å². The van der Waals surface area contributed by atoms with E-state index in [1.165, 1.54) is 5.69 Å². The van der Waals surface area contributed by atoms with Gasteiger partial charge in [0.25, 0.3) is 5.91 Å². The third-order valence-electron chi connectivity index (χ3n) is 4.71. The van der Waals surface area contributed by atoms with Crippen molar-refractivity contribution in [2.24, 2.45) is 0 Å². The molecular weight excluding hydrogens is 374 g/mol. The van der Waals surface area contributed by atoms with Gasteiger partial charge in [-0.3, -0.25) is 4.79 Å². The largest absolute Gasteiger partial charge is 0.368 e. The molecule has 0 bridgehead atoms. The molecule has 7 heteroatoms. The summed E-state index contributed by atoms with van der Waals surface area (Å²) in [6, 6.07) is 17.5. The van der Waals surface area contributed by atoms with Crippen molar-refractivity contribution >= 4 is 34.8 Å². The van der Waals surface area contributed by atoms with Crippen LogP contribution >= 0.6 is 11.6 Å². The number of amides is 1. The van der Waals surface area contributed by atoms with Crippen LogP contribution in [0.5, 0.6) is 0 Å². The topological polar surface area (TPSA) is 61.4 Å². The first-order valence-corrected chi connectivity index (χ1v) is 9.51. The molecule has 1 N–H and O–H groups in total. The van der Waals surface area contributed by atoms with E-state index in [4.69, 9.17) is 11.6 Å². The van der Waals surface area contributed by atoms with Crippen LogP contribution in [-0.4, -0.2) is 42.1 Å². The number of carbonyl (C=O) groups excluding carboxylic acids is 1. The zero-order chi connectivity index (χ0) is 19.3. The van der Waals surface area contributed by atoms with Crippen molar-refractivity contribution in [2.75, 3.05) is 41.3 Å². The first kappa shape index (κ1) is 18.3. The molecule has 6 nitrogen and oxygen atoms in total. The number of hydrogen-bond acceptors (Lipinski definition) is 5. The summed E-state index contributed by atoms with van der Waals surface area (Å²) in [7, 11) is 0. The van der Waals surface area contributed by atoms with Gasteiger partial charge in [-0.2, -0.15) is 0 Å². The Morgan fingerprint density at radius 2 is 1.46 bits per heavy atom. The SMILES string of the molecule is O=C(Nc1ccccc1Cl)c1cnc(N2CCN(c3ccccc3)CC2)nc1. The molecule has 1 aromatic heterocycles. The van der Waals surface area contributed by atoms with E-state index < -0.39 is 0 Å². The Kier molecular flexibility index (Phi) is 5.39. The van der Waals surface area contributed by atoms with Crippen LogP contribution in [0, 0.1) is 0 Å². The van der Waals surface area contributed by atoms with E-state index in [0.29, 0.717) is 22.2 Å². The van der Waals surface area contributed by atoms with Gasteiger partial charge in [-0.05, 0) is 24.3 Å². The average Bonchev–Trinajstić information content (AvgIpc) is 2.76. The maximum absolute atomic E-state index is 12.4. The molecule has 0 aliphatic carbocycles. The first-order valence-electron chi connectivity index (χ1n) is 9.13. The molecule has 1 amide bonds. The molecule has 28 heavy (non-hydrogen) atoms. The highest BCUT2D eigenvalue weighted by molar-refractivity contribution is 6.33. The maximum Gasteiger partial charge on any atom is 0.258 e. The molecule has 4 rings (SSSR count). The third kappa shape index (κ3) is 4.07. The van der Waals surface area contributed by atoms with E-state index in [9.17, 15) is 4.79 Å². The molecule has 142 valence electrons. The van der Waals surface area contributed by atoms with Crippen LogP contribution in [0.2, 0.25) is 5.02 Å². The predicted molar refractivity (Wildman–Crippen MR) is 112 cm³/mol. The number of benzene rings is 2. The molecule has 0 spiro atoms. The fourth-order valence-electron chi connectivity index (χ4n) is 3.16. The van der Waals surface area contributed by atoms with Crippen molar-refractivity contribution in [1.82, 2.24) is 9.97 Å². The molecular formula is C21H20ClN5O. The molecule has 0 saturated carbocycles. The molecule has 2 heterocycles. The van der Waals surface area contributed by atoms with E-state index in [1.807, 2.05) is 18.2 Å². The van der Waals surface area contributed by atoms with E-state index in [1.54, 1.807) is 24.5 Å². The number of piperazine rings is 1. The lowest BCUT2D eigenvalue weighted by molar-refractivity contribution is 0.102. The summed E-state index contributed by atoms with van der Waals surface area (Å²) in [6.07, 6.45) is 3.11. The van der Waals surface area contributed by atoms with Crippen LogP contribution in [0.3, 0.4) is 0 Å². The Bertz CT molecular complexity index is 941. The van der Waals surface area contributed by atoms with Gasteiger partial charge in [-0.1, -0.05) is 41.9 Å². The van der Waals surface area contributed by atoms with Crippen molar-refractivity contribution in [3.63, 3.8) is 0 Å². The summed E-state index contributed by atoms with van der Waals surface area (Å²) < 4.78 is 0. The summed E-state index contributed by atoms with van der Waals surface area (Å²) >= 11 is 6.08. The number of halogens is 1. The van der Waals surface area contributed by atoms with Crippen LogP contribution in [-0.2, 0) is 0 Å². The van der Waals surface area contributed by atoms with Crippen molar-refractivity contribution in [3.05, 3.63) is 77.6 Å². The number of aromatic nitrogens is 2. The second-order valence-corrected chi connectivity index (χ2v) is 6.92. The predicted octanol–water partition coefficient (Wildman–Crippen LogP) is 3.71. The molecule has 2 aromatic carbocycles. The monoisotopic (exact) mass is 393 g/mol. The number of carbonyl (C=O) groups is 1. The van der Waals surface area contributed by atoms with Gasteiger partial charge >= 0.3 is 0 Å². The van der Waals surface area contributed by atoms with E-state index in [-0.39, 0.29) is 5.91 Å². The summed E-state index contributed by atoms with van der Waals surface area (Å²) in [6.45, 7) is 3.48. The number of para-hydroxylation sites is 2. The van der Waals surface area contributed by atoms with Crippen LogP contribution in [0.1, 0.15) is 10.4 Å². The van der Waals surface area contributed by atoms with Crippen molar-refractivity contribution in [1.29, 1.82) is 0 Å². The van der Waals surface area contributed by atoms with Gasteiger partial charge in [-0.15, -0.1) is 0 Å². The summed E-state index contributed by atoms with van der Waals surface area (Å²) in [5, 5.41) is 3.27. The van der Waals surface area contributed by atoms with E-state index in [0.717, 1.165) is 26.2 Å². The minimum absolute atomic E-state index is 0.284. The number of nitrogens with zero attached hydrogens (tertiary/aromatic N) is 4. The van der Waals surface area contributed by atoms with Gasteiger partial charge in [0.15, 0.2) is 0 Å². The Balaban J connectivity index is 1.37. The molecule has 0 atom stereocenters. The Hall–Kier alpha value is -3.12. The number of rotatable bonds is 4. The molecule has 0 unspecified atom stereocenters. The van der Waals surface area contributed by atoms with Crippen molar-refractivity contribution in [3.8, 4) is 0 Å². The first-order chi connectivity index (χ1) is 13.7. The highest BCUT2D eigenvalue weighted by Gasteiger charge is 2.19. The number of hydrogen-bond donors (Lipinski definition) is 1. The second kappa shape index (κ2) is 8.27. The van der Waals surface area contributed by atoms with Gasteiger partial charge in [0, 0.05) is 44.3 Å². The Morgan fingerprint density at radius 3 is 2.14 bits per heavy atom. The summed E-state index contributed by atoms with van der Waals surface area (Å²) in [4.78, 5) is 25.6. The lowest BCUT2D eigenvalue weighted by atomic mass is 10.2. The highest BCUT2D eigenvalue weighted by atomic mass is 35.5. The molecule has 1 aliphatic rings. The quantitative estimate of drug-likeness (QED) is 0.732. The van der Waals surface area contributed by atoms with Crippen molar-refractivity contribution < 1.29 is 4.79 Å². The zero-order valence-corrected chi connectivity index (χ0v) is 16.0. The normalized spacial score (nSPS) is 14.0. The van der Waals surface area contributed by atoms with Gasteiger partial charge in [0.05, 0.1) is 16.3 Å². The molecule has 1 fully saturated rings. The molecule has 3 aromatic rings. The minimum Gasteiger partial charge on any atom is -0.368 e. The fraction of sp³-hybridized carbons (Fsp3) is 0.190. The smallest absolute Gasteiger partial charge is 0.258 e. The Labute approximate surface area is 168 Å². The second-order valence-electron chi connectivity index (χ2n) is 6.52. The van der Waals surface area contributed by atoms with Gasteiger partial charge in [0.1, 0.15) is 0 Å². The molecule has 0 radical (unpaired) electrons. The lowest BCUT2D eigenvalue weighted by Gasteiger charge is -2.36. The number of anilines is 3. The fourth-order valence-corrected chi connectivity index (χ4v) is 3.35. The molecule has 1 aliphatic heterocycles. The third-order valence-corrected chi connectivity index (χ3v) is 5.04. The standard InChI is InChI=1S/C21H20ClN5O/c22-18-8-4-5-9-19(18)25-20(28)16-14-23-21(24-15-16)27-12-10-26(11-13-27)17-6-2-1-3-7-17/h1-9,14-15H,10-13H2,(H,25,28). The maximum atomic E-state index is 12.4. The van der Waals surface area contributed by atoms with Crippen LogP contribution < -0.4 is 15.1 Å².